The van der Waals surface area contributed by atoms with Gasteiger partial charge >= 0.3 is 0 Å². The molecule has 0 aliphatic rings. The summed E-state index contributed by atoms with van der Waals surface area (Å²) in [7, 11) is 0. The van der Waals surface area contributed by atoms with Crippen molar-refractivity contribution in [2.45, 2.75) is 6.04 Å². The van der Waals surface area contributed by atoms with E-state index in [1.165, 1.54) is 11.3 Å². The molecule has 0 aliphatic carbocycles. The Bertz CT molecular complexity index is 504. The molecular weight excluding hydrogens is 268 g/mol. The van der Waals surface area contributed by atoms with Crippen molar-refractivity contribution in [2.24, 2.45) is 5.73 Å². The fourth-order valence-electron chi connectivity index (χ4n) is 1.46. The van der Waals surface area contributed by atoms with Crippen molar-refractivity contribution in [2.75, 3.05) is 0 Å². The summed E-state index contributed by atoms with van der Waals surface area (Å²) < 4.78 is 26.6. The summed E-state index contributed by atoms with van der Waals surface area (Å²) in [5.41, 5.74) is 5.57. The van der Waals surface area contributed by atoms with Gasteiger partial charge in [0.15, 0.2) is 11.6 Å². The maximum Gasteiger partial charge on any atom is 0.165 e. The second-order valence-electron chi connectivity index (χ2n) is 3.28. The molecule has 1 atom stereocenters. The summed E-state index contributed by atoms with van der Waals surface area (Å²) in [6, 6.07) is 4.44. The summed E-state index contributed by atoms with van der Waals surface area (Å²) in [4.78, 5) is 0.666. The molecule has 2 rings (SSSR count). The predicted molar refractivity (Wildman–Crippen MR) is 65.6 cm³/mol. The second kappa shape index (κ2) is 5.44. The number of benzene rings is 1. The molecule has 2 nitrogen and oxygen atoms in total. The van der Waals surface area contributed by atoms with Gasteiger partial charge < -0.3 is 10.8 Å². The Balaban J connectivity index is 0.00000144. The van der Waals surface area contributed by atoms with Crippen molar-refractivity contribution in [3.05, 3.63) is 51.7 Å². The third-order valence-corrected chi connectivity index (χ3v) is 3.23. The van der Waals surface area contributed by atoms with Crippen LogP contribution in [0.25, 0.3) is 0 Å². The quantitative estimate of drug-likeness (QED) is 0.885. The van der Waals surface area contributed by atoms with Crippen molar-refractivity contribution >= 4 is 23.7 Å². The fraction of sp³-hybridized carbons (Fsp3) is 0.0909. The first-order valence-electron chi connectivity index (χ1n) is 4.57. The molecule has 1 heterocycles. The van der Waals surface area contributed by atoms with E-state index in [-0.39, 0.29) is 18.0 Å². The molecule has 0 bridgehead atoms. The topological polar surface area (TPSA) is 46.2 Å². The minimum Gasteiger partial charge on any atom is -0.505 e. The van der Waals surface area contributed by atoms with Crippen molar-refractivity contribution in [3.63, 3.8) is 0 Å². The van der Waals surface area contributed by atoms with Crippen molar-refractivity contribution in [3.8, 4) is 5.75 Å². The summed E-state index contributed by atoms with van der Waals surface area (Å²) in [6.07, 6.45) is 0. The maximum absolute atomic E-state index is 13.5. The van der Waals surface area contributed by atoms with Crippen molar-refractivity contribution in [1.29, 1.82) is 0 Å². The summed E-state index contributed by atoms with van der Waals surface area (Å²) >= 11 is 1.32. The average molecular weight is 278 g/mol. The highest BCUT2D eigenvalue weighted by Gasteiger charge is 2.21. The smallest absolute Gasteiger partial charge is 0.165 e. The van der Waals surface area contributed by atoms with E-state index in [0.29, 0.717) is 4.88 Å². The Morgan fingerprint density at radius 3 is 2.41 bits per heavy atom. The Hall–Kier alpha value is -1.17. The number of phenols is 1. The number of nitrogens with two attached hydrogens (primary N) is 1. The largest absolute Gasteiger partial charge is 0.505 e. The molecule has 0 radical (unpaired) electrons. The normalized spacial score (nSPS) is 11.9. The van der Waals surface area contributed by atoms with Gasteiger partial charge in [-0.15, -0.1) is 23.7 Å². The van der Waals surface area contributed by atoms with Gasteiger partial charge in [-0.25, -0.2) is 8.78 Å². The zero-order valence-electron chi connectivity index (χ0n) is 8.56. The fourth-order valence-corrected chi connectivity index (χ4v) is 2.20. The molecule has 3 N–H and O–H groups in total. The minimum absolute atomic E-state index is 0. The van der Waals surface area contributed by atoms with E-state index < -0.39 is 23.4 Å². The van der Waals surface area contributed by atoms with Crippen LogP contribution in [0.1, 0.15) is 16.5 Å². The molecule has 0 saturated carbocycles. The third kappa shape index (κ3) is 2.57. The average Bonchev–Trinajstić information content (AvgIpc) is 2.77. The Kier molecular flexibility index (Phi) is 4.45. The van der Waals surface area contributed by atoms with E-state index in [0.717, 1.165) is 12.1 Å². The monoisotopic (exact) mass is 277 g/mol. The van der Waals surface area contributed by atoms with Gasteiger partial charge in [-0.3, -0.25) is 0 Å². The lowest BCUT2D eigenvalue weighted by Crippen LogP contribution is -2.13. The molecule has 6 heteroatoms. The Labute approximate surface area is 107 Å². The van der Waals surface area contributed by atoms with Crippen LogP contribution in [0.15, 0.2) is 29.6 Å². The molecule has 1 aromatic heterocycles. The highest BCUT2D eigenvalue weighted by Crippen LogP contribution is 2.33. The van der Waals surface area contributed by atoms with Gasteiger partial charge in [0.2, 0.25) is 0 Å². The zero-order valence-corrected chi connectivity index (χ0v) is 10.2. The lowest BCUT2D eigenvalue weighted by molar-refractivity contribution is 0.414. The number of halogens is 3. The predicted octanol–water partition coefficient (Wildman–Crippen LogP) is 3.20. The van der Waals surface area contributed by atoms with Gasteiger partial charge in [-0.2, -0.15) is 0 Å². The van der Waals surface area contributed by atoms with Gasteiger partial charge in [0.05, 0.1) is 11.6 Å². The van der Waals surface area contributed by atoms with E-state index >= 15 is 0 Å². The summed E-state index contributed by atoms with van der Waals surface area (Å²) in [5.74, 6) is -2.30. The molecule has 0 unspecified atom stereocenters. The first-order chi connectivity index (χ1) is 7.61. The van der Waals surface area contributed by atoms with E-state index in [9.17, 15) is 13.9 Å². The standard InChI is InChI=1S/C11H9F2NOS.ClH/c12-6-3-4-7(13)11(15)9(6)10(14)8-2-1-5-16-8;/h1-5,10,15H,14H2;1H/t10-;/m1./s1. The molecule has 1 aromatic carbocycles. The van der Waals surface area contributed by atoms with Crippen LogP contribution in [-0.4, -0.2) is 5.11 Å². The van der Waals surface area contributed by atoms with Crippen LogP contribution in [-0.2, 0) is 0 Å². The molecule has 0 fully saturated rings. The molecule has 0 spiro atoms. The van der Waals surface area contributed by atoms with Gasteiger partial charge in [-0.1, -0.05) is 6.07 Å². The maximum atomic E-state index is 13.5. The van der Waals surface area contributed by atoms with Gasteiger partial charge in [0, 0.05) is 4.88 Å². The minimum atomic E-state index is -0.872. The number of hydrogen-bond acceptors (Lipinski definition) is 3. The highest BCUT2D eigenvalue weighted by atomic mass is 35.5. The molecule has 0 saturated heterocycles. The van der Waals surface area contributed by atoms with Crippen molar-refractivity contribution < 1.29 is 13.9 Å². The van der Waals surface area contributed by atoms with Gasteiger partial charge in [0.1, 0.15) is 5.82 Å². The van der Waals surface area contributed by atoms with Crippen LogP contribution >= 0.6 is 23.7 Å². The molecular formula is C11H10ClF2NOS. The molecule has 0 amide bonds. The number of rotatable bonds is 2. The molecule has 0 aliphatic heterocycles. The van der Waals surface area contributed by atoms with Gasteiger partial charge in [-0.05, 0) is 23.6 Å². The lowest BCUT2D eigenvalue weighted by atomic mass is 10.0. The summed E-state index contributed by atoms with van der Waals surface area (Å²) in [5, 5.41) is 11.2. The first kappa shape index (κ1) is 13.9. The summed E-state index contributed by atoms with van der Waals surface area (Å²) in [6.45, 7) is 0. The van der Waals surface area contributed by atoms with Crippen LogP contribution in [0.4, 0.5) is 8.78 Å². The van der Waals surface area contributed by atoms with Crippen LogP contribution in [0.2, 0.25) is 0 Å². The number of thiophene rings is 1. The highest BCUT2D eigenvalue weighted by molar-refractivity contribution is 7.10. The van der Waals surface area contributed by atoms with Crippen LogP contribution in [0.3, 0.4) is 0 Å². The van der Waals surface area contributed by atoms with E-state index in [4.69, 9.17) is 5.73 Å². The van der Waals surface area contributed by atoms with Crippen LogP contribution in [0.5, 0.6) is 5.75 Å². The third-order valence-electron chi connectivity index (χ3n) is 2.28. The van der Waals surface area contributed by atoms with Crippen LogP contribution < -0.4 is 5.73 Å². The SMILES string of the molecule is Cl.N[C@H](c1cccs1)c1c(F)ccc(F)c1O. The van der Waals surface area contributed by atoms with E-state index in [1.807, 2.05) is 0 Å². The molecule has 2 aromatic rings. The van der Waals surface area contributed by atoms with E-state index in [1.54, 1.807) is 17.5 Å². The second-order valence-corrected chi connectivity index (χ2v) is 4.26. The van der Waals surface area contributed by atoms with Gasteiger partial charge in [0.25, 0.3) is 0 Å². The van der Waals surface area contributed by atoms with E-state index in [2.05, 4.69) is 0 Å². The number of hydrogen-bond donors (Lipinski definition) is 2. The molecule has 92 valence electrons. The lowest BCUT2D eigenvalue weighted by Gasteiger charge is -2.13. The van der Waals surface area contributed by atoms with Crippen molar-refractivity contribution in [1.82, 2.24) is 0 Å². The van der Waals surface area contributed by atoms with Crippen LogP contribution in [0, 0.1) is 11.6 Å². The number of aromatic hydroxyl groups is 1. The Morgan fingerprint density at radius 2 is 1.82 bits per heavy atom. The number of phenolic OH excluding ortho intramolecular Hbond substituents is 1. The zero-order chi connectivity index (χ0) is 11.7. The first-order valence-corrected chi connectivity index (χ1v) is 5.45. The Morgan fingerprint density at radius 1 is 1.18 bits per heavy atom. The molecule has 17 heavy (non-hydrogen) atoms.